The standard InChI is InChI=1S/C22H22ClF3N4O4/c23-11-1-2-16-14(3-11)15(31)6-17(33-16)19(32)27-21-8-20(9-21,10-21)18-7-30(29-28-18)12-4-13(5-12)34-22(24,25)26/h1-3,7,12-13,15,17,31H,4-6,8-10H2,(H,27,32)/t12-,13+,15-,17-,20?,21?/m1/s1. The fourth-order valence-electron chi connectivity index (χ4n) is 5.85. The number of alkyl halides is 3. The number of benzene rings is 1. The number of nitrogens with zero attached hydrogens (tertiary/aromatic N) is 3. The van der Waals surface area contributed by atoms with Crippen LogP contribution in [0.1, 0.15) is 61.9 Å². The highest BCUT2D eigenvalue weighted by molar-refractivity contribution is 6.30. The fraction of sp³-hybridized carbons (Fsp3) is 0.591. The van der Waals surface area contributed by atoms with Crippen molar-refractivity contribution in [1.82, 2.24) is 20.3 Å². The molecule has 0 radical (unpaired) electrons. The maximum Gasteiger partial charge on any atom is 0.522 e. The van der Waals surface area contributed by atoms with Crippen molar-refractivity contribution in [1.29, 1.82) is 0 Å². The molecule has 0 spiro atoms. The van der Waals surface area contributed by atoms with Crippen LogP contribution in [0.5, 0.6) is 5.75 Å². The third-order valence-electron chi connectivity index (χ3n) is 7.55. The van der Waals surface area contributed by atoms with Gasteiger partial charge in [0.25, 0.3) is 5.91 Å². The molecule has 4 fully saturated rings. The zero-order valence-electron chi connectivity index (χ0n) is 17.9. The average molecular weight is 499 g/mol. The van der Waals surface area contributed by atoms with Crippen LogP contribution in [0.4, 0.5) is 13.2 Å². The Morgan fingerprint density at radius 3 is 2.71 bits per heavy atom. The van der Waals surface area contributed by atoms with E-state index in [1.807, 2.05) is 6.20 Å². The lowest BCUT2D eigenvalue weighted by molar-refractivity contribution is -0.353. The molecule has 2 aromatic rings. The van der Waals surface area contributed by atoms with Crippen molar-refractivity contribution in [3.8, 4) is 5.75 Å². The summed E-state index contributed by atoms with van der Waals surface area (Å²) in [5.41, 5.74) is 0.899. The normalized spacial score (nSPS) is 35.8. The summed E-state index contributed by atoms with van der Waals surface area (Å²) in [6.07, 6.45) is -2.47. The number of hydrogen-bond acceptors (Lipinski definition) is 6. The quantitative estimate of drug-likeness (QED) is 0.656. The summed E-state index contributed by atoms with van der Waals surface area (Å²) in [5.74, 6) is 0.189. The van der Waals surface area contributed by atoms with Crippen molar-refractivity contribution < 1.29 is 32.5 Å². The van der Waals surface area contributed by atoms with Gasteiger partial charge in [0.05, 0.1) is 23.9 Å². The van der Waals surface area contributed by atoms with Gasteiger partial charge in [0.2, 0.25) is 0 Å². The van der Waals surface area contributed by atoms with Gasteiger partial charge in [-0.05, 0) is 50.3 Å². The predicted molar refractivity (Wildman–Crippen MR) is 111 cm³/mol. The van der Waals surface area contributed by atoms with Crippen molar-refractivity contribution in [2.24, 2.45) is 0 Å². The zero-order chi connectivity index (χ0) is 23.9. The number of halogens is 4. The summed E-state index contributed by atoms with van der Waals surface area (Å²) in [5, 5.41) is 22.4. The van der Waals surface area contributed by atoms with E-state index in [-0.39, 0.29) is 42.2 Å². The number of carbonyl (C=O) groups is 1. The second-order valence-corrected chi connectivity index (χ2v) is 10.5. The van der Waals surface area contributed by atoms with Crippen molar-refractivity contribution in [3.63, 3.8) is 0 Å². The second kappa shape index (κ2) is 7.32. The Labute approximate surface area is 197 Å². The first-order valence-electron chi connectivity index (χ1n) is 11.2. The number of rotatable bonds is 5. The maximum absolute atomic E-state index is 12.9. The smallest absolute Gasteiger partial charge is 0.480 e. The Morgan fingerprint density at radius 1 is 1.26 bits per heavy atom. The van der Waals surface area contributed by atoms with Crippen LogP contribution in [0.3, 0.4) is 0 Å². The largest absolute Gasteiger partial charge is 0.522 e. The minimum atomic E-state index is -4.62. The fourth-order valence-corrected chi connectivity index (χ4v) is 6.03. The number of aromatic nitrogens is 3. The molecule has 0 unspecified atom stereocenters. The van der Waals surface area contributed by atoms with Crippen molar-refractivity contribution in [2.75, 3.05) is 0 Å². The molecule has 1 amide bonds. The van der Waals surface area contributed by atoms with Crippen LogP contribution >= 0.6 is 11.6 Å². The molecule has 182 valence electrons. The number of fused-ring (bicyclic) bond motifs is 1. The lowest BCUT2D eigenvalue weighted by Gasteiger charge is -2.69. The monoisotopic (exact) mass is 498 g/mol. The zero-order valence-corrected chi connectivity index (χ0v) is 18.6. The molecule has 1 aromatic heterocycles. The first-order valence-corrected chi connectivity index (χ1v) is 11.5. The van der Waals surface area contributed by atoms with E-state index in [1.165, 1.54) is 0 Å². The molecule has 4 aliphatic carbocycles. The van der Waals surface area contributed by atoms with Gasteiger partial charge in [0, 0.05) is 34.2 Å². The van der Waals surface area contributed by atoms with Gasteiger partial charge < -0.3 is 15.2 Å². The third-order valence-corrected chi connectivity index (χ3v) is 7.78. The van der Waals surface area contributed by atoms with Crippen LogP contribution in [-0.4, -0.2) is 50.1 Å². The number of carbonyl (C=O) groups excluding carboxylic acids is 1. The highest BCUT2D eigenvalue weighted by Gasteiger charge is 2.70. The van der Waals surface area contributed by atoms with E-state index in [9.17, 15) is 23.1 Å². The van der Waals surface area contributed by atoms with E-state index in [0.717, 1.165) is 25.0 Å². The van der Waals surface area contributed by atoms with E-state index < -0.39 is 24.7 Å². The Hall–Kier alpha value is -2.37. The minimum absolute atomic E-state index is 0.148. The van der Waals surface area contributed by atoms with E-state index in [4.69, 9.17) is 16.3 Å². The molecule has 5 aliphatic rings. The molecule has 7 rings (SSSR count). The SMILES string of the molecule is O=C(NC12CC(c3cn([C@H]4C[C@@H](OC(F)(F)F)C4)nn3)(C1)C2)[C@H]1C[C@@H](O)c2cc(Cl)ccc2O1. The van der Waals surface area contributed by atoms with Crippen molar-refractivity contribution in [2.45, 2.75) is 80.2 Å². The molecule has 1 aromatic carbocycles. The minimum Gasteiger partial charge on any atom is -0.480 e. The second-order valence-electron chi connectivity index (χ2n) is 10.0. The summed E-state index contributed by atoms with van der Waals surface area (Å²) in [7, 11) is 0. The van der Waals surface area contributed by atoms with Crippen molar-refractivity contribution >= 4 is 17.5 Å². The lowest BCUT2D eigenvalue weighted by atomic mass is 9.38. The molecule has 4 saturated carbocycles. The Kier molecular flexibility index (Phi) is 4.76. The van der Waals surface area contributed by atoms with Crippen LogP contribution in [0.25, 0.3) is 0 Å². The molecule has 2 heterocycles. The number of nitrogens with one attached hydrogen (secondary N) is 1. The Balaban J connectivity index is 1.03. The van der Waals surface area contributed by atoms with Gasteiger partial charge in [0.15, 0.2) is 6.10 Å². The van der Waals surface area contributed by atoms with E-state index in [1.54, 1.807) is 22.9 Å². The topological polar surface area (TPSA) is 98.5 Å². The predicted octanol–water partition coefficient (Wildman–Crippen LogP) is 3.35. The third kappa shape index (κ3) is 3.64. The first-order chi connectivity index (χ1) is 16.0. The van der Waals surface area contributed by atoms with E-state index in [2.05, 4.69) is 20.4 Å². The van der Waals surface area contributed by atoms with Crippen LogP contribution in [0.2, 0.25) is 5.02 Å². The number of aliphatic hydroxyl groups excluding tert-OH is 1. The van der Waals surface area contributed by atoms with Crippen LogP contribution < -0.4 is 10.1 Å². The lowest BCUT2D eigenvalue weighted by Crippen LogP contribution is -2.77. The highest BCUT2D eigenvalue weighted by atomic mass is 35.5. The molecule has 8 nitrogen and oxygen atoms in total. The Bertz CT molecular complexity index is 1130. The number of amides is 1. The summed E-state index contributed by atoms with van der Waals surface area (Å²) < 4.78 is 48.4. The molecule has 34 heavy (non-hydrogen) atoms. The summed E-state index contributed by atoms with van der Waals surface area (Å²) in [4.78, 5) is 12.9. The van der Waals surface area contributed by atoms with E-state index >= 15 is 0 Å². The molecular weight excluding hydrogens is 477 g/mol. The van der Waals surface area contributed by atoms with Gasteiger partial charge in [-0.1, -0.05) is 16.8 Å². The maximum atomic E-state index is 12.9. The summed E-state index contributed by atoms with van der Waals surface area (Å²) in [6.45, 7) is 0. The molecular formula is C22H22ClF3N4O4. The Morgan fingerprint density at radius 2 is 2.00 bits per heavy atom. The molecule has 2 atom stereocenters. The number of ether oxygens (including phenoxy) is 2. The van der Waals surface area contributed by atoms with Crippen LogP contribution in [0.15, 0.2) is 24.4 Å². The summed E-state index contributed by atoms with van der Waals surface area (Å²) >= 11 is 5.98. The van der Waals surface area contributed by atoms with Crippen LogP contribution in [0, 0.1) is 0 Å². The molecule has 2 N–H and O–H groups in total. The molecule has 0 saturated heterocycles. The van der Waals surface area contributed by atoms with Crippen molar-refractivity contribution in [3.05, 3.63) is 40.7 Å². The molecule has 2 bridgehead atoms. The average Bonchev–Trinajstić information content (AvgIpc) is 3.14. The van der Waals surface area contributed by atoms with Crippen LogP contribution in [-0.2, 0) is 14.9 Å². The summed E-state index contributed by atoms with van der Waals surface area (Å²) in [6, 6.07) is 4.79. The highest BCUT2D eigenvalue weighted by Crippen LogP contribution is 2.67. The molecule has 1 aliphatic heterocycles. The van der Waals surface area contributed by atoms with Gasteiger partial charge in [-0.2, -0.15) is 0 Å². The number of aliphatic hydroxyl groups is 1. The number of hydrogen-bond donors (Lipinski definition) is 2. The van der Waals surface area contributed by atoms with Gasteiger partial charge in [-0.15, -0.1) is 18.3 Å². The van der Waals surface area contributed by atoms with Gasteiger partial charge >= 0.3 is 6.36 Å². The molecule has 12 heteroatoms. The van der Waals surface area contributed by atoms with Gasteiger partial charge in [0.1, 0.15) is 5.75 Å². The van der Waals surface area contributed by atoms with Gasteiger partial charge in [-0.25, -0.2) is 4.68 Å². The van der Waals surface area contributed by atoms with Gasteiger partial charge in [-0.3, -0.25) is 9.53 Å². The first kappa shape index (κ1) is 22.1. The van der Waals surface area contributed by atoms with E-state index in [0.29, 0.717) is 16.3 Å².